The van der Waals surface area contributed by atoms with Crippen LogP contribution in [0.3, 0.4) is 0 Å². The molecule has 0 aromatic carbocycles. The molecule has 0 spiro atoms. The van der Waals surface area contributed by atoms with Crippen molar-refractivity contribution in [2.75, 3.05) is 37.9 Å². The Kier molecular flexibility index (Phi) is 20.9. The Morgan fingerprint density at radius 2 is 1.15 bits per heavy atom. The molecule has 0 aliphatic carbocycles. The molecular formula is C21H48O3P2. The predicted octanol–water partition coefficient (Wildman–Crippen LogP) is 7.19. The zero-order valence-electron chi connectivity index (χ0n) is 18.7. The van der Waals surface area contributed by atoms with Crippen LogP contribution >= 0.6 is 14.9 Å². The summed E-state index contributed by atoms with van der Waals surface area (Å²) >= 11 is 0. The molecule has 1 atom stereocenters. The van der Waals surface area contributed by atoms with Gasteiger partial charge in [-0.2, -0.15) is 0 Å². The van der Waals surface area contributed by atoms with Gasteiger partial charge in [-0.05, 0) is 32.6 Å². The van der Waals surface area contributed by atoms with E-state index in [1.54, 1.807) is 18.5 Å². The number of unbranched alkanes of at least 4 members (excludes halogenated alkanes) is 6. The van der Waals surface area contributed by atoms with Crippen molar-refractivity contribution in [1.29, 1.82) is 0 Å². The van der Waals surface area contributed by atoms with Gasteiger partial charge in [0.1, 0.15) is 7.60 Å². The maximum atomic E-state index is 10.8. The molecule has 0 aliphatic heterocycles. The van der Waals surface area contributed by atoms with Crippen LogP contribution in [0.2, 0.25) is 0 Å². The van der Waals surface area contributed by atoms with Crippen molar-refractivity contribution in [2.24, 2.45) is 0 Å². The lowest BCUT2D eigenvalue weighted by Gasteiger charge is -2.26. The van der Waals surface area contributed by atoms with E-state index in [9.17, 15) is 9.46 Å². The molecule has 0 saturated heterocycles. The molecule has 0 bridgehead atoms. The number of hydrogen-bond acceptors (Lipinski definition) is 3. The third-order valence-electron chi connectivity index (χ3n) is 5.19. The summed E-state index contributed by atoms with van der Waals surface area (Å²) in [5, 5.41) is 0. The molecule has 0 rings (SSSR count). The summed E-state index contributed by atoms with van der Waals surface area (Å²) in [5.41, 5.74) is 0. The Morgan fingerprint density at radius 1 is 0.731 bits per heavy atom. The van der Waals surface area contributed by atoms with Gasteiger partial charge in [0.25, 0.3) is 0 Å². The monoisotopic (exact) mass is 410 g/mol. The van der Waals surface area contributed by atoms with Gasteiger partial charge in [-0.15, -0.1) is 0 Å². The minimum Gasteiger partial charge on any atom is -0.779 e. The standard InChI is InChI=1S/C14H32P.C7H17O3P/c1-5-9-12-15(8-4,13-10-6-2)14-11-7-3;1-3-4-5-6-7-11(8,9)10-2/h5-14H2,1-4H3;3-7H2,1-2H3,(H,8,9)/q+1;/p-1. The average molecular weight is 411 g/mol. The summed E-state index contributed by atoms with van der Waals surface area (Å²) in [4.78, 5) is 10.8. The van der Waals surface area contributed by atoms with Crippen molar-refractivity contribution in [3.63, 3.8) is 0 Å². The van der Waals surface area contributed by atoms with E-state index in [1.165, 1.54) is 51.8 Å². The first-order valence-corrected chi connectivity index (χ1v) is 15.3. The smallest absolute Gasteiger partial charge is 0.134 e. The van der Waals surface area contributed by atoms with E-state index in [4.69, 9.17) is 0 Å². The summed E-state index contributed by atoms with van der Waals surface area (Å²) in [5.74, 6) is 0. The largest absolute Gasteiger partial charge is 0.779 e. The Hall–Kier alpha value is 0.580. The van der Waals surface area contributed by atoms with Gasteiger partial charge in [-0.1, -0.05) is 66.2 Å². The third kappa shape index (κ3) is 16.7. The van der Waals surface area contributed by atoms with Crippen LogP contribution in [-0.2, 0) is 9.09 Å². The minimum atomic E-state index is -3.46. The molecule has 0 fully saturated rings. The van der Waals surface area contributed by atoms with E-state index < -0.39 is 14.9 Å². The highest BCUT2D eigenvalue weighted by atomic mass is 31.2. The van der Waals surface area contributed by atoms with Crippen LogP contribution in [0.5, 0.6) is 0 Å². The van der Waals surface area contributed by atoms with Crippen LogP contribution < -0.4 is 4.89 Å². The highest BCUT2D eigenvalue weighted by Gasteiger charge is 2.32. The zero-order chi connectivity index (χ0) is 20.3. The lowest BCUT2D eigenvalue weighted by molar-refractivity contribution is -0.196. The minimum absolute atomic E-state index is 0.184. The fourth-order valence-corrected chi connectivity index (χ4v) is 8.49. The molecule has 1 unspecified atom stereocenters. The fourth-order valence-electron chi connectivity index (χ4n) is 3.11. The van der Waals surface area contributed by atoms with Crippen LogP contribution in [0.1, 0.15) is 98.8 Å². The summed E-state index contributed by atoms with van der Waals surface area (Å²) in [7, 11) is -2.77. The molecule has 26 heavy (non-hydrogen) atoms. The molecule has 0 N–H and O–H groups in total. The van der Waals surface area contributed by atoms with Gasteiger partial charge in [0.05, 0.1) is 24.6 Å². The zero-order valence-corrected chi connectivity index (χ0v) is 20.5. The molecule has 0 aliphatic rings. The first kappa shape index (κ1) is 28.8. The van der Waals surface area contributed by atoms with E-state index in [-0.39, 0.29) is 6.16 Å². The lowest BCUT2D eigenvalue weighted by Crippen LogP contribution is -2.11. The van der Waals surface area contributed by atoms with Crippen LogP contribution in [0.4, 0.5) is 0 Å². The highest BCUT2D eigenvalue weighted by molar-refractivity contribution is 7.75. The van der Waals surface area contributed by atoms with Crippen LogP contribution in [0.15, 0.2) is 0 Å². The normalized spacial score (nSPS) is 13.8. The number of rotatable bonds is 16. The molecule has 0 radical (unpaired) electrons. The van der Waals surface area contributed by atoms with Crippen molar-refractivity contribution >= 4 is 14.9 Å². The van der Waals surface area contributed by atoms with Crippen molar-refractivity contribution in [3.05, 3.63) is 0 Å². The van der Waals surface area contributed by atoms with Crippen LogP contribution in [0, 0.1) is 0 Å². The first-order valence-electron chi connectivity index (χ1n) is 11.1. The Bertz CT molecular complexity index is 313. The van der Waals surface area contributed by atoms with E-state index in [0.29, 0.717) is 0 Å². The van der Waals surface area contributed by atoms with Crippen molar-refractivity contribution in [2.45, 2.75) is 98.8 Å². The third-order valence-corrected chi connectivity index (χ3v) is 11.7. The molecule has 3 nitrogen and oxygen atoms in total. The molecule has 160 valence electrons. The van der Waals surface area contributed by atoms with E-state index >= 15 is 0 Å². The SMILES string of the molecule is CCCCCCP(=O)([O-])OC.CCCC[P+](CC)(CCCC)CCCC. The second-order valence-corrected chi connectivity index (χ2v) is 14.2. The van der Waals surface area contributed by atoms with Crippen LogP contribution in [-0.4, -0.2) is 37.9 Å². The molecular weight excluding hydrogens is 362 g/mol. The van der Waals surface area contributed by atoms with Gasteiger partial charge in [0.2, 0.25) is 0 Å². The van der Waals surface area contributed by atoms with Gasteiger partial charge >= 0.3 is 0 Å². The van der Waals surface area contributed by atoms with Gasteiger partial charge in [-0.25, -0.2) is 0 Å². The maximum absolute atomic E-state index is 10.8. The topological polar surface area (TPSA) is 49.4 Å². The summed E-state index contributed by atoms with van der Waals surface area (Å²) in [6, 6.07) is 0. The Morgan fingerprint density at radius 3 is 1.46 bits per heavy atom. The maximum Gasteiger partial charge on any atom is 0.134 e. The molecule has 5 heteroatoms. The van der Waals surface area contributed by atoms with Crippen molar-refractivity contribution in [1.82, 2.24) is 0 Å². The lowest BCUT2D eigenvalue weighted by atomic mass is 10.2. The molecule has 0 saturated carbocycles. The average Bonchev–Trinajstić information content (AvgIpc) is 2.66. The second-order valence-electron chi connectivity index (χ2n) is 7.47. The molecule has 0 heterocycles. The van der Waals surface area contributed by atoms with E-state index in [0.717, 1.165) is 25.7 Å². The van der Waals surface area contributed by atoms with Gasteiger partial charge in [0.15, 0.2) is 0 Å². The van der Waals surface area contributed by atoms with Crippen molar-refractivity contribution in [3.8, 4) is 0 Å². The second kappa shape index (κ2) is 18.9. The fraction of sp³-hybridized carbons (Fsp3) is 1.00. The van der Waals surface area contributed by atoms with Crippen molar-refractivity contribution < 1.29 is 14.0 Å². The van der Waals surface area contributed by atoms with E-state index in [1.807, 2.05) is 0 Å². The van der Waals surface area contributed by atoms with Gasteiger partial charge in [0, 0.05) is 20.5 Å². The molecule has 0 amide bonds. The van der Waals surface area contributed by atoms with E-state index in [2.05, 4.69) is 39.1 Å². The quantitative estimate of drug-likeness (QED) is 0.200. The van der Waals surface area contributed by atoms with Crippen LogP contribution in [0.25, 0.3) is 0 Å². The van der Waals surface area contributed by atoms with Gasteiger partial charge < -0.3 is 14.0 Å². The highest BCUT2D eigenvalue weighted by Crippen LogP contribution is 2.60. The predicted molar refractivity (Wildman–Crippen MR) is 120 cm³/mol. The first-order chi connectivity index (χ1) is 12.4. The van der Waals surface area contributed by atoms with Gasteiger partial charge in [-0.3, -0.25) is 0 Å². The number of hydrogen-bond donors (Lipinski definition) is 0. The summed E-state index contributed by atoms with van der Waals surface area (Å²) in [6.07, 6.45) is 19.0. The Balaban J connectivity index is 0. The summed E-state index contributed by atoms with van der Waals surface area (Å²) in [6.45, 7) is 11.6. The Labute approximate surface area is 165 Å². The molecule has 0 aromatic rings. The summed E-state index contributed by atoms with van der Waals surface area (Å²) < 4.78 is 15.1. The molecule has 0 aromatic heterocycles.